The lowest BCUT2D eigenvalue weighted by Gasteiger charge is -2.10. The van der Waals surface area contributed by atoms with Crippen molar-refractivity contribution < 1.29 is 22.3 Å². The van der Waals surface area contributed by atoms with E-state index in [1.165, 1.54) is 13.8 Å². The van der Waals surface area contributed by atoms with Crippen molar-refractivity contribution in [2.24, 2.45) is 0 Å². The minimum atomic E-state index is -4.21. The number of anilines is 1. The lowest BCUT2D eigenvalue weighted by atomic mass is 10.2. The summed E-state index contributed by atoms with van der Waals surface area (Å²) in [5.74, 6) is -1.63. The molecule has 0 radical (unpaired) electrons. The number of H-pyrrole nitrogens is 1. The van der Waals surface area contributed by atoms with Gasteiger partial charge in [-0.15, -0.1) is 0 Å². The molecule has 0 bridgehead atoms. The second-order valence-corrected chi connectivity index (χ2v) is 6.09. The lowest BCUT2D eigenvalue weighted by molar-refractivity contribution is 0.273. The van der Waals surface area contributed by atoms with Crippen LogP contribution in [-0.4, -0.2) is 23.7 Å². The highest BCUT2D eigenvalue weighted by molar-refractivity contribution is 7.92. The molecule has 0 aliphatic heterocycles. The zero-order valence-corrected chi connectivity index (χ0v) is 12.1. The van der Waals surface area contributed by atoms with E-state index >= 15 is 0 Å². The Morgan fingerprint density at radius 3 is 2.57 bits per heavy atom. The Balaban J connectivity index is 2.47. The van der Waals surface area contributed by atoms with Crippen LogP contribution >= 0.6 is 0 Å². The molecule has 1 aromatic heterocycles. The molecule has 0 spiro atoms. The Hall–Kier alpha value is -2.00. The topological polar surface area (TPSA) is 95.1 Å². The van der Waals surface area contributed by atoms with Crippen molar-refractivity contribution in [2.45, 2.75) is 25.3 Å². The Morgan fingerprint density at radius 2 is 1.95 bits per heavy atom. The molecule has 0 saturated carbocycles. The van der Waals surface area contributed by atoms with Crippen LogP contribution in [-0.2, 0) is 16.6 Å². The van der Waals surface area contributed by atoms with Gasteiger partial charge in [-0.2, -0.15) is 5.10 Å². The number of hydrogen-bond donors (Lipinski definition) is 3. The second-order valence-electron chi connectivity index (χ2n) is 4.47. The van der Waals surface area contributed by atoms with E-state index in [-0.39, 0.29) is 21.8 Å². The fourth-order valence-electron chi connectivity index (χ4n) is 1.85. The predicted octanol–water partition coefficient (Wildman–Crippen LogP) is 1.60. The summed E-state index contributed by atoms with van der Waals surface area (Å²) in [5, 5.41) is 15.1. The van der Waals surface area contributed by atoms with Gasteiger partial charge in [0.2, 0.25) is 0 Å². The molecule has 6 nitrogen and oxygen atoms in total. The summed E-state index contributed by atoms with van der Waals surface area (Å²) in [6.07, 6.45) is 0. The molecule has 0 aliphatic rings. The minimum Gasteiger partial charge on any atom is -0.390 e. The van der Waals surface area contributed by atoms with E-state index in [0.717, 1.165) is 12.1 Å². The highest BCUT2D eigenvalue weighted by atomic mass is 32.2. The third kappa shape index (κ3) is 2.88. The number of benzene rings is 1. The van der Waals surface area contributed by atoms with Crippen molar-refractivity contribution in [2.75, 3.05) is 4.72 Å². The van der Waals surface area contributed by atoms with Gasteiger partial charge in [0.25, 0.3) is 10.0 Å². The zero-order chi connectivity index (χ0) is 15.8. The van der Waals surface area contributed by atoms with Gasteiger partial charge in [-0.3, -0.25) is 9.82 Å². The van der Waals surface area contributed by atoms with Gasteiger partial charge in [-0.1, -0.05) is 0 Å². The Labute approximate surface area is 119 Å². The van der Waals surface area contributed by atoms with E-state index in [2.05, 4.69) is 10.2 Å². The van der Waals surface area contributed by atoms with Crippen LogP contribution in [0.1, 0.15) is 17.0 Å². The SMILES string of the molecule is Cc1cc(F)c(NS(=O)(=O)c2c(CO)n[nH]c2C)cc1F. The van der Waals surface area contributed by atoms with Crippen LogP contribution in [0.25, 0.3) is 0 Å². The van der Waals surface area contributed by atoms with Crippen LogP contribution in [0.5, 0.6) is 0 Å². The van der Waals surface area contributed by atoms with Crippen LogP contribution in [0.2, 0.25) is 0 Å². The van der Waals surface area contributed by atoms with Crippen LogP contribution in [0, 0.1) is 25.5 Å². The normalized spacial score (nSPS) is 11.7. The van der Waals surface area contributed by atoms with Crippen LogP contribution < -0.4 is 4.72 Å². The molecule has 0 saturated heterocycles. The first kappa shape index (κ1) is 15.4. The van der Waals surface area contributed by atoms with Crippen molar-refractivity contribution in [3.63, 3.8) is 0 Å². The number of aromatic amines is 1. The lowest BCUT2D eigenvalue weighted by Crippen LogP contribution is -2.16. The van der Waals surface area contributed by atoms with Gasteiger partial charge in [-0.25, -0.2) is 17.2 Å². The van der Waals surface area contributed by atoms with Gasteiger partial charge < -0.3 is 5.11 Å². The van der Waals surface area contributed by atoms with E-state index in [0.29, 0.717) is 0 Å². The maximum Gasteiger partial charge on any atom is 0.265 e. The van der Waals surface area contributed by atoms with Crippen LogP contribution in [0.4, 0.5) is 14.5 Å². The number of aromatic nitrogens is 2. The van der Waals surface area contributed by atoms with Crippen LogP contribution in [0.15, 0.2) is 17.0 Å². The number of aliphatic hydroxyl groups is 1. The predicted molar refractivity (Wildman–Crippen MR) is 71.2 cm³/mol. The van der Waals surface area contributed by atoms with Crippen molar-refractivity contribution in [3.05, 3.63) is 40.7 Å². The quantitative estimate of drug-likeness (QED) is 0.798. The van der Waals surface area contributed by atoms with E-state index in [1.807, 2.05) is 4.72 Å². The summed E-state index contributed by atoms with van der Waals surface area (Å²) in [6, 6.07) is 1.65. The molecule has 0 atom stereocenters. The number of hydrogen-bond acceptors (Lipinski definition) is 4. The number of nitrogens with one attached hydrogen (secondary N) is 2. The van der Waals surface area contributed by atoms with E-state index in [1.54, 1.807) is 0 Å². The summed E-state index contributed by atoms with van der Waals surface area (Å²) in [7, 11) is -4.21. The van der Waals surface area contributed by atoms with Crippen LogP contribution in [0.3, 0.4) is 0 Å². The first-order valence-electron chi connectivity index (χ1n) is 5.89. The average Bonchev–Trinajstić information content (AvgIpc) is 2.77. The molecular formula is C12H13F2N3O3S. The van der Waals surface area contributed by atoms with Gasteiger partial charge in [-0.05, 0) is 25.5 Å². The van der Waals surface area contributed by atoms with Gasteiger partial charge >= 0.3 is 0 Å². The number of halogens is 2. The smallest absolute Gasteiger partial charge is 0.265 e. The summed E-state index contributed by atoms with van der Waals surface area (Å²) in [6.45, 7) is 2.19. The molecule has 0 amide bonds. The van der Waals surface area contributed by atoms with E-state index < -0.39 is 34.0 Å². The molecule has 0 fully saturated rings. The van der Waals surface area contributed by atoms with Gasteiger partial charge in [0, 0.05) is 6.07 Å². The van der Waals surface area contributed by atoms with Gasteiger partial charge in [0.15, 0.2) is 0 Å². The molecular weight excluding hydrogens is 304 g/mol. The van der Waals surface area contributed by atoms with Gasteiger partial charge in [0.05, 0.1) is 18.0 Å². The average molecular weight is 317 g/mol. The Morgan fingerprint density at radius 1 is 1.29 bits per heavy atom. The van der Waals surface area contributed by atoms with E-state index in [4.69, 9.17) is 5.11 Å². The van der Waals surface area contributed by atoms with E-state index in [9.17, 15) is 17.2 Å². The third-order valence-corrected chi connectivity index (χ3v) is 4.44. The molecule has 1 aromatic carbocycles. The summed E-state index contributed by atoms with van der Waals surface area (Å²) in [5.41, 5.74) is -0.374. The first-order chi connectivity index (χ1) is 9.76. The Bertz CT molecular complexity index is 787. The molecule has 0 aliphatic carbocycles. The molecule has 3 N–H and O–H groups in total. The maximum atomic E-state index is 13.7. The van der Waals surface area contributed by atoms with Crippen molar-refractivity contribution in [3.8, 4) is 0 Å². The highest BCUT2D eigenvalue weighted by Crippen LogP contribution is 2.24. The summed E-state index contributed by atoms with van der Waals surface area (Å²) < 4.78 is 53.6. The molecule has 0 unspecified atom stereocenters. The molecule has 114 valence electrons. The van der Waals surface area contributed by atoms with Crippen molar-refractivity contribution >= 4 is 15.7 Å². The highest BCUT2D eigenvalue weighted by Gasteiger charge is 2.25. The molecule has 2 aromatic rings. The standard InChI is InChI=1S/C12H13F2N3O3S/c1-6-3-9(14)10(4-8(6)13)17-21(19,20)12-7(2)15-16-11(12)5-18/h3-4,17-18H,5H2,1-2H3,(H,15,16). The zero-order valence-electron chi connectivity index (χ0n) is 11.2. The molecule has 1 heterocycles. The number of rotatable bonds is 4. The summed E-state index contributed by atoms with van der Waals surface area (Å²) in [4.78, 5) is -0.287. The number of aliphatic hydroxyl groups excluding tert-OH is 1. The van der Waals surface area contributed by atoms with Gasteiger partial charge in [0.1, 0.15) is 22.2 Å². The largest absolute Gasteiger partial charge is 0.390 e. The Kier molecular flexibility index (Phi) is 3.97. The second kappa shape index (κ2) is 5.41. The molecule has 2 rings (SSSR count). The summed E-state index contributed by atoms with van der Waals surface area (Å²) >= 11 is 0. The first-order valence-corrected chi connectivity index (χ1v) is 7.37. The molecule has 9 heteroatoms. The number of aryl methyl sites for hydroxylation is 2. The maximum absolute atomic E-state index is 13.7. The fourth-order valence-corrected chi connectivity index (χ4v) is 3.27. The monoisotopic (exact) mass is 317 g/mol. The third-order valence-electron chi connectivity index (χ3n) is 2.87. The fraction of sp³-hybridized carbons (Fsp3) is 0.250. The number of sulfonamides is 1. The van der Waals surface area contributed by atoms with Crippen molar-refractivity contribution in [1.82, 2.24) is 10.2 Å². The molecule has 21 heavy (non-hydrogen) atoms. The van der Waals surface area contributed by atoms with Crippen molar-refractivity contribution in [1.29, 1.82) is 0 Å². The minimum absolute atomic E-state index is 0.0611. The number of nitrogens with zero attached hydrogens (tertiary/aromatic N) is 1.